The minimum Gasteiger partial charge on any atom is -0.177 e. The zero-order valence-electron chi connectivity index (χ0n) is 4.39. The SMILES string of the molecule is [N-]=[N+]=NCc1nn[nH]n1. The number of nitrogens with one attached hydrogen (secondary N) is 1. The number of aromatic amines is 1. The maximum absolute atomic E-state index is 7.84. The van der Waals surface area contributed by atoms with Crippen LogP contribution in [0.1, 0.15) is 5.82 Å². The van der Waals surface area contributed by atoms with Crippen molar-refractivity contribution in [3.05, 3.63) is 16.3 Å². The van der Waals surface area contributed by atoms with Gasteiger partial charge in [0.1, 0.15) is 0 Å². The van der Waals surface area contributed by atoms with E-state index in [2.05, 4.69) is 30.7 Å². The average Bonchev–Trinajstić information content (AvgIpc) is 2.34. The molecule has 9 heavy (non-hydrogen) atoms. The van der Waals surface area contributed by atoms with Crippen LogP contribution in [-0.4, -0.2) is 20.6 Å². The number of tetrazole rings is 1. The van der Waals surface area contributed by atoms with E-state index in [-0.39, 0.29) is 6.54 Å². The summed E-state index contributed by atoms with van der Waals surface area (Å²) >= 11 is 0. The van der Waals surface area contributed by atoms with Crippen molar-refractivity contribution in [1.82, 2.24) is 20.6 Å². The molecular formula is C2H3N7. The first-order valence-electron chi connectivity index (χ1n) is 2.16. The number of hydrogen-bond donors (Lipinski definition) is 1. The summed E-state index contributed by atoms with van der Waals surface area (Å²) in [5.41, 5.74) is 7.84. The van der Waals surface area contributed by atoms with Crippen molar-refractivity contribution in [3.8, 4) is 0 Å². The minimum absolute atomic E-state index is 0.146. The fourth-order valence-electron chi connectivity index (χ4n) is 0.344. The summed E-state index contributed by atoms with van der Waals surface area (Å²) in [5, 5.41) is 15.8. The van der Waals surface area contributed by atoms with Gasteiger partial charge in [0.05, 0.1) is 6.54 Å². The molecule has 0 aromatic carbocycles. The summed E-state index contributed by atoms with van der Waals surface area (Å²) in [6.45, 7) is 0.146. The van der Waals surface area contributed by atoms with Gasteiger partial charge in [-0.2, -0.15) is 5.21 Å². The summed E-state index contributed by atoms with van der Waals surface area (Å²) < 4.78 is 0. The Morgan fingerprint density at radius 2 is 2.67 bits per heavy atom. The van der Waals surface area contributed by atoms with Gasteiger partial charge in [0.2, 0.25) is 0 Å². The number of azide groups is 1. The van der Waals surface area contributed by atoms with E-state index < -0.39 is 0 Å². The van der Waals surface area contributed by atoms with Gasteiger partial charge in [-0.1, -0.05) is 10.3 Å². The van der Waals surface area contributed by atoms with Crippen molar-refractivity contribution < 1.29 is 0 Å². The van der Waals surface area contributed by atoms with E-state index in [0.717, 1.165) is 0 Å². The van der Waals surface area contributed by atoms with Gasteiger partial charge in [0, 0.05) is 4.91 Å². The van der Waals surface area contributed by atoms with Gasteiger partial charge in [-0.3, -0.25) is 0 Å². The van der Waals surface area contributed by atoms with Crippen molar-refractivity contribution in [2.24, 2.45) is 5.11 Å². The predicted molar refractivity (Wildman–Crippen MR) is 27.0 cm³/mol. The van der Waals surface area contributed by atoms with Gasteiger partial charge < -0.3 is 0 Å². The second-order valence-electron chi connectivity index (χ2n) is 1.22. The smallest absolute Gasteiger partial charge is 0.177 e. The number of H-pyrrole nitrogens is 1. The highest BCUT2D eigenvalue weighted by Gasteiger charge is 1.91. The Kier molecular flexibility index (Phi) is 1.61. The van der Waals surface area contributed by atoms with Gasteiger partial charge in [-0.05, 0) is 5.53 Å². The van der Waals surface area contributed by atoms with Crippen molar-refractivity contribution in [2.75, 3.05) is 0 Å². The summed E-state index contributed by atoms with van der Waals surface area (Å²) in [6.07, 6.45) is 0. The van der Waals surface area contributed by atoms with Crippen LogP contribution in [0.4, 0.5) is 0 Å². The normalized spacial score (nSPS) is 8.44. The third-order valence-electron chi connectivity index (χ3n) is 0.665. The van der Waals surface area contributed by atoms with Crippen molar-refractivity contribution >= 4 is 0 Å². The minimum atomic E-state index is 0.146. The van der Waals surface area contributed by atoms with Crippen LogP contribution in [0.5, 0.6) is 0 Å². The molecule has 0 saturated carbocycles. The van der Waals surface area contributed by atoms with Gasteiger partial charge >= 0.3 is 0 Å². The van der Waals surface area contributed by atoms with Crippen LogP contribution in [0.2, 0.25) is 0 Å². The van der Waals surface area contributed by atoms with Gasteiger partial charge in [0.25, 0.3) is 0 Å². The van der Waals surface area contributed by atoms with Crippen LogP contribution in [0, 0.1) is 0 Å². The highest BCUT2D eigenvalue weighted by Crippen LogP contribution is 1.85. The van der Waals surface area contributed by atoms with Crippen molar-refractivity contribution in [2.45, 2.75) is 6.54 Å². The molecule has 0 fully saturated rings. The first-order valence-corrected chi connectivity index (χ1v) is 2.16. The van der Waals surface area contributed by atoms with E-state index in [1.165, 1.54) is 0 Å². The lowest BCUT2D eigenvalue weighted by atomic mass is 10.6. The Hall–Kier alpha value is -1.62. The monoisotopic (exact) mass is 125 g/mol. The molecule has 7 nitrogen and oxygen atoms in total. The van der Waals surface area contributed by atoms with Crippen molar-refractivity contribution in [1.29, 1.82) is 0 Å². The molecule has 1 rings (SSSR count). The van der Waals surface area contributed by atoms with E-state index >= 15 is 0 Å². The van der Waals surface area contributed by atoms with Gasteiger partial charge in [-0.15, -0.1) is 10.2 Å². The zero-order valence-corrected chi connectivity index (χ0v) is 4.39. The number of nitrogens with zero attached hydrogens (tertiary/aromatic N) is 6. The number of rotatable bonds is 2. The number of hydrogen-bond acceptors (Lipinski definition) is 4. The molecule has 0 amide bonds. The molecule has 1 heterocycles. The molecule has 0 bridgehead atoms. The van der Waals surface area contributed by atoms with Gasteiger partial charge in [0.15, 0.2) is 5.82 Å². The molecule has 0 aliphatic rings. The van der Waals surface area contributed by atoms with Crippen molar-refractivity contribution in [3.63, 3.8) is 0 Å². The molecule has 1 N–H and O–H groups in total. The van der Waals surface area contributed by atoms with Crippen LogP contribution < -0.4 is 0 Å². The molecule has 0 aliphatic heterocycles. The quantitative estimate of drug-likeness (QED) is 0.342. The topological polar surface area (TPSA) is 103 Å². The van der Waals surface area contributed by atoms with E-state index in [4.69, 9.17) is 5.53 Å². The fourth-order valence-corrected chi connectivity index (χ4v) is 0.344. The molecule has 0 atom stereocenters. The lowest BCUT2D eigenvalue weighted by Crippen LogP contribution is -1.81. The molecule has 0 unspecified atom stereocenters. The molecule has 0 spiro atoms. The molecule has 7 heteroatoms. The van der Waals surface area contributed by atoms with Crippen LogP contribution in [-0.2, 0) is 6.54 Å². The Labute approximate surface area is 49.7 Å². The standard InChI is InChI=1S/C2H3N7/c3-7-4-1-2-5-8-9-6-2/h1H2,(H,5,6,8,9). The highest BCUT2D eigenvalue weighted by molar-refractivity contribution is 4.73. The van der Waals surface area contributed by atoms with Crippen LogP contribution in [0.15, 0.2) is 5.11 Å². The molecular weight excluding hydrogens is 122 g/mol. The largest absolute Gasteiger partial charge is 0.180 e. The van der Waals surface area contributed by atoms with E-state index in [9.17, 15) is 0 Å². The lowest BCUT2D eigenvalue weighted by molar-refractivity contribution is 0.881. The van der Waals surface area contributed by atoms with Crippen LogP contribution in [0.25, 0.3) is 10.4 Å². The van der Waals surface area contributed by atoms with Crippen LogP contribution >= 0.6 is 0 Å². The molecule has 0 saturated heterocycles. The first kappa shape index (κ1) is 5.52. The Morgan fingerprint density at radius 3 is 3.22 bits per heavy atom. The maximum atomic E-state index is 7.84. The Bertz CT molecular complexity index is 205. The van der Waals surface area contributed by atoms with Crippen LogP contribution in [0.3, 0.4) is 0 Å². The zero-order chi connectivity index (χ0) is 6.53. The maximum Gasteiger partial charge on any atom is 0.180 e. The second-order valence-corrected chi connectivity index (χ2v) is 1.22. The predicted octanol–water partition coefficient (Wildman–Crippen LogP) is 0.0100. The third kappa shape index (κ3) is 1.39. The summed E-state index contributed by atoms with van der Waals surface area (Å²) in [4.78, 5) is 2.51. The molecule has 0 radical (unpaired) electrons. The lowest BCUT2D eigenvalue weighted by Gasteiger charge is -1.74. The second kappa shape index (κ2) is 2.63. The van der Waals surface area contributed by atoms with Gasteiger partial charge in [-0.25, -0.2) is 0 Å². The summed E-state index contributed by atoms with van der Waals surface area (Å²) in [7, 11) is 0. The van der Waals surface area contributed by atoms with E-state index in [0.29, 0.717) is 5.82 Å². The molecule has 1 aromatic rings. The molecule has 1 aromatic heterocycles. The highest BCUT2D eigenvalue weighted by atomic mass is 15.5. The first-order chi connectivity index (χ1) is 4.43. The summed E-state index contributed by atoms with van der Waals surface area (Å²) in [5.74, 6) is 0.396. The molecule has 0 aliphatic carbocycles. The Balaban J connectivity index is 2.57. The summed E-state index contributed by atoms with van der Waals surface area (Å²) in [6, 6.07) is 0. The van der Waals surface area contributed by atoms with E-state index in [1.54, 1.807) is 0 Å². The fraction of sp³-hybridized carbons (Fsp3) is 0.500. The number of aromatic nitrogens is 4. The molecule has 46 valence electrons. The average molecular weight is 125 g/mol. The Morgan fingerprint density at radius 1 is 1.78 bits per heavy atom. The van der Waals surface area contributed by atoms with E-state index in [1.807, 2.05) is 0 Å². The third-order valence-corrected chi connectivity index (χ3v) is 0.665.